The Morgan fingerprint density at radius 3 is 2.65 bits per heavy atom. The predicted octanol–water partition coefficient (Wildman–Crippen LogP) is 0.920. The van der Waals surface area contributed by atoms with E-state index in [9.17, 15) is 9.59 Å². The van der Waals surface area contributed by atoms with Crippen LogP contribution in [0.15, 0.2) is 46.2 Å². The van der Waals surface area contributed by atoms with E-state index < -0.39 is 0 Å². The number of imidazole rings is 2. The van der Waals surface area contributed by atoms with Gasteiger partial charge in [-0.05, 0) is 18.6 Å². The maximum atomic E-state index is 11.9. The van der Waals surface area contributed by atoms with Gasteiger partial charge in [-0.3, -0.25) is 9.13 Å². The summed E-state index contributed by atoms with van der Waals surface area (Å²) < 4.78 is 4.90. The summed E-state index contributed by atoms with van der Waals surface area (Å²) in [5, 5.41) is 0. The Morgan fingerprint density at radius 2 is 1.90 bits per heavy atom. The molecule has 0 spiro atoms. The van der Waals surface area contributed by atoms with E-state index in [-0.39, 0.29) is 11.4 Å². The smallest absolute Gasteiger partial charge is 0.306 e. The van der Waals surface area contributed by atoms with Gasteiger partial charge >= 0.3 is 11.4 Å². The number of rotatable bonds is 4. The lowest BCUT2D eigenvalue weighted by Gasteiger charge is -2.04. The standard InChI is InChI=1S/C14H16N4O2/c1-16-9-10-17(14(16)20)7-4-8-18-12-6-3-2-5-11(12)15-13(18)19/h2-3,5-6,9-10H,4,7-8H2,1H3,(H,15,19). The first-order valence-electron chi connectivity index (χ1n) is 6.56. The van der Waals surface area contributed by atoms with Gasteiger partial charge in [-0.2, -0.15) is 0 Å². The number of aromatic amines is 1. The molecule has 1 aromatic carbocycles. The number of fused-ring (bicyclic) bond motifs is 1. The summed E-state index contributed by atoms with van der Waals surface area (Å²) in [7, 11) is 1.73. The number of nitrogens with one attached hydrogen (secondary N) is 1. The van der Waals surface area contributed by atoms with Crippen molar-refractivity contribution in [1.82, 2.24) is 18.7 Å². The number of aromatic nitrogens is 4. The van der Waals surface area contributed by atoms with Gasteiger partial charge in [-0.1, -0.05) is 12.1 Å². The second-order valence-electron chi connectivity index (χ2n) is 4.84. The Hall–Kier alpha value is -2.50. The third-order valence-corrected chi connectivity index (χ3v) is 3.48. The van der Waals surface area contributed by atoms with Gasteiger partial charge in [0.25, 0.3) is 0 Å². The molecular weight excluding hydrogens is 256 g/mol. The number of nitrogens with zero attached hydrogens (tertiary/aromatic N) is 3. The molecule has 0 fully saturated rings. The highest BCUT2D eigenvalue weighted by Crippen LogP contribution is 2.09. The van der Waals surface area contributed by atoms with E-state index in [0.29, 0.717) is 13.1 Å². The number of H-pyrrole nitrogens is 1. The summed E-state index contributed by atoms with van der Waals surface area (Å²) in [6, 6.07) is 7.61. The molecule has 0 saturated carbocycles. The van der Waals surface area contributed by atoms with Crippen molar-refractivity contribution >= 4 is 11.0 Å². The third kappa shape index (κ3) is 2.09. The first kappa shape index (κ1) is 12.5. The summed E-state index contributed by atoms with van der Waals surface area (Å²) in [6.07, 6.45) is 4.23. The molecule has 6 nitrogen and oxygen atoms in total. The van der Waals surface area contributed by atoms with Crippen LogP contribution in [0.5, 0.6) is 0 Å². The van der Waals surface area contributed by atoms with Gasteiger partial charge in [0.1, 0.15) is 0 Å². The van der Waals surface area contributed by atoms with Crippen molar-refractivity contribution in [2.75, 3.05) is 0 Å². The van der Waals surface area contributed by atoms with Crippen LogP contribution in [-0.2, 0) is 20.1 Å². The summed E-state index contributed by atoms with van der Waals surface area (Å²) >= 11 is 0. The second kappa shape index (κ2) is 4.88. The minimum absolute atomic E-state index is 0.0312. The van der Waals surface area contributed by atoms with Crippen LogP contribution < -0.4 is 11.4 Å². The van der Waals surface area contributed by atoms with Crippen LogP contribution in [-0.4, -0.2) is 18.7 Å². The molecule has 0 unspecified atom stereocenters. The topological polar surface area (TPSA) is 64.7 Å². The normalized spacial score (nSPS) is 11.2. The van der Waals surface area contributed by atoms with Crippen LogP contribution in [0.2, 0.25) is 0 Å². The van der Waals surface area contributed by atoms with E-state index in [1.807, 2.05) is 24.3 Å². The van der Waals surface area contributed by atoms with Crippen LogP contribution in [0, 0.1) is 0 Å². The van der Waals surface area contributed by atoms with Crippen LogP contribution in [0.25, 0.3) is 11.0 Å². The van der Waals surface area contributed by atoms with Crippen LogP contribution >= 0.6 is 0 Å². The molecule has 0 amide bonds. The van der Waals surface area contributed by atoms with Crippen molar-refractivity contribution in [3.8, 4) is 0 Å². The Kier molecular flexibility index (Phi) is 3.06. The van der Waals surface area contributed by atoms with E-state index in [1.165, 1.54) is 4.57 Å². The van der Waals surface area contributed by atoms with E-state index in [4.69, 9.17) is 0 Å². The second-order valence-corrected chi connectivity index (χ2v) is 4.84. The first-order chi connectivity index (χ1) is 9.66. The molecule has 3 rings (SSSR count). The van der Waals surface area contributed by atoms with E-state index in [1.54, 1.807) is 28.6 Å². The molecule has 3 aromatic rings. The zero-order valence-corrected chi connectivity index (χ0v) is 11.2. The molecule has 0 aliphatic heterocycles. The third-order valence-electron chi connectivity index (χ3n) is 3.48. The molecule has 6 heteroatoms. The van der Waals surface area contributed by atoms with Gasteiger partial charge in [-0.25, -0.2) is 9.59 Å². The summed E-state index contributed by atoms with van der Waals surface area (Å²) in [6.45, 7) is 1.19. The van der Waals surface area contributed by atoms with Crippen LogP contribution in [0.4, 0.5) is 0 Å². The minimum atomic E-state index is -0.105. The lowest BCUT2D eigenvalue weighted by molar-refractivity contribution is 0.547. The van der Waals surface area contributed by atoms with Crippen molar-refractivity contribution < 1.29 is 0 Å². The molecule has 0 bridgehead atoms. The largest absolute Gasteiger partial charge is 0.327 e. The van der Waals surface area contributed by atoms with Gasteiger partial charge in [-0.15, -0.1) is 0 Å². The van der Waals surface area contributed by atoms with Gasteiger partial charge < -0.3 is 9.55 Å². The maximum Gasteiger partial charge on any atom is 0.327 e. The molecule has 20 heavy (non-hydrogen) atoms. The molecule has 0 atom stereocenters. The quantitative estimate of drug-likeness (QED) is 0.767. The molecule has 104 valence electrons. The van der Waals surface area contributed by atoms with E-state index in [2.05, 4.69) is 4.98 Å². The Balaban J connectivity index is 1.78. The van der Waals surface area contributed by atoms with Gasteiger partial charge in [0.05, 0.1) is 11.0 Å². The fourth-order valence-corrected chi connectivity index (χ4v) is 2.41. The highest BCUT2D eigenvalue weighted by molar-refractivity contribution is 5.74. The number of aryl methyl sites for hydroxylation is 3. The molecule has 0 aliphatic carbocycles. The Labute approximate surface area is 114 Å². The molecule has 1 N–H and O–H groups in total. The highest BCUT2D eigenvalue weighted by Gasteiger charge is 2.06. The van der Waals surface area contributed by atoms with Crippen molar-refractivity contribution in [3.63, 3.8) is 0 Å². The fourth-order valence-electron chi connectivity index (χ4n) is 2.41. The number of hydrogen-bond acceptors (Lipinski definition) is 2. The highest BCUT2D eigenvalue weighted by atomic mass is 16.2. The monoisotopic (exact) mass is 272 g/mol. The van der Waals surface area contributed by atoms with E-state index in [0.717, 1.165) is 17.5 Å². The number of para-hydroxylation sites is 2. The van der Waals surface area contributed by atoms with Crippen LogP contribution in [0.1, 0.15) is 6.42 Å². The average Bonchev–Trinajstić information content (AvgIpc) is 2.93. The molecular formula is C14H16N4O2. The van der Waals surface area contributed by atoms with Gasteiger partial charge in [0.2, 0.25) is 0 Å². The lowest BCUT2D eigenvalue weighted by Crippen LogP contribution is -2.23. The minimum Gasteiger partial charge on any atom is -0.306 e. The maximum absolute atomic E-state index is 11.9. The fraction of sp³-hybridized carbons (Fsp3) is 0.286. The molecule has 0 aliphatic rings. The van der Waals surface area contributed by atoms with Crippen molar-refractivity contribution in [2.24, 2.45) is 7.05 Å². The van der Waals surface area contributed by atoms with Gasteiger partial charge in [0, 0.05) is 32.5 Å². The van der Waals surface area contributed by atoms with E-state index >= 15 is 0 Å². The van der Waals surface area contributed by atoms with Crippen molar-refractivity contribution in [1.29, 1.82) is 0 Å². The molecule has 2 heterocycles. The average molecular weight is 272 g/mol. The summed E-state index contributed by atoms with van der Waals surface area (Å²) in [5.41, 5.74) is 1.61. The number of hydrogen-bond donors (Lipinski definition) is 1. The molecule has 0 saturated heterocycles. The SMILES string of the molecule is Cn1ccn(CCCn2c(=O)[nH]c3ccccc32)c1=O. The summed E-state index contributed by atoms with van der Waals surface area (Å²) in [5.74, 6) is 0. The van der Waals surface area contributed by atoms with Crippen molar-refractivity contribution in [2.45, 2.75) is 19.5 Å². The van der Waals surface area contributed by atoms with Crippen molar-refractivity contribution in [3.05, 3.63) is 57.6 Å². The zero-order chi connectivity index (χ0) is 14.1. The Morgan fingerprint density at radius 1 is 1.10 bits per heavy atom. The van der Waals surface area contributed by atoms with Crippen LogP contribution in [0.3, 0.4) is 0 Å². The molecule has 0 radical (unpaired) electrons. The predicted molar refractivity (Wildman–Crippen MR) is 76.8 cm³/mol. The van der Waals surface area contributed by atoms with Gasteiger partial charge in [0.15, 0.2) is 0 Å². The first-order valence-corrected chi connectivity index (χ1v) is 6.56. The Bertz CT molecular complexity index is 850. The summed E-state index contributed by atoms with van der Waals surface area (Å²) in [4.78, 5) is 26.4. The number of benzene rings is 1. The lowest BCUT2D eigenvalue weighted by atomic mass is 10.3. The molecule has 2 aromatic heterocycles. The zero-order valence-electron chi connectivity index (χ0n) is 11.2.